The van der Waals surface area contributed by atoms with Gasteiger partial charge in [-0.1, -0.05) is 15.9 Å². The standard InChI is InChI=1S/C19H15BrO6/c1-23-15-6-3-12(20)7-11(15)8-17-19(22)14-5-4-13(9-16(14)26-17)25-10-18(21)24-2/h3-9H,10H2,1-2H3/b17-8-. The molecule has 3 rings (SSSR count). The van der Waals surface area contributed by atoms with Crippen LogP contribution >= 0.6 is 15.9 Å². The van der Waals surface area contributed by atoms with Crippen molar-refractivity contribution in [2.45, 2.75) is 0 Å². The number of Topliss-reactive ketones (excluding diaryl/α,β-unsaturated/α-hetero) is 1. The second-order valence-corrected chi connectivity index (χ2v) is 6.26. The van der Waals surface area contributed by atoms with E-state index in [1.54, 1.807) is 37.5 Å². The zero-order valence-electron chi connectivity index (χ0n) is 14.1. The molecule has 6 nitrogen and oxygen atoms in total. The van der Waals surface area contributed by atoms with E-state index in [9.17, 15) is 9.59 Å². The van der Waals surface area contributed by atoms with Crippen LogP contribution in [0.15, 0.2) is 46.6 Å². The summed E-state index contributed by atoms with van der Waals surface area (Å²) in [5, 5.41) is 0. The van der Waals surface area contributed by atoms with Gasteiger partial charge in [0, 0.05) is 16.1 Å². The van der Waals surface area contributed by atoms with E-state index in [2.05, 4.69) is 20.7 Å². The topological polar surface area (TPSA) is 71.1 Å². The lowest BCUT2D eigenvalue weighted by molar-refractivity contribution is -0.142. The highest BCUT2D eigenvalue weighted by Gasteiger charge is 2.28. The summed E-state index contributed by atoms with van der Waals surface area (Å²) >= 11 is 3.40. The molecule has 0 atom stereocenters. The zero-order valence-corrected chi connectivity index (χ0v) is 15.7. The molecule has 2 aromatic carbocycles. The molecule has 0 aliphatic carbocycles. The van der Waals surface area contributed by atoms with Crippen LogP contribution in [0.25, 0.3) is 6.08 Å². The SMILES string of the molecule is COC(=O)COc1ccc2c(c1)O/C(=C\c1cc(Br)ccc1OC)C2=O. The van der Waals surface area contributed by atoms with Gasteiger partial charge in [0.25, 0.3) is 0 Å². The number of methoxy groups -OCH3 is 2. The van der Waals surface area contributed by atoms with Gasteiger partial charge in [-0.3, -0.25) is 4.79 Å². The molecule has 0 spiro atoms. The van der Waals surface area contributed by atoms with Gasteiger partial charge in [0.05, 0.1) is 19.8 Å². The fraction of sp³-hybridized carbons (Fsp3) is 0.158. The van der Waals surface area contributed by atoms with E-state index < -0.39 is 5.97 Å². The van der Waals surface area contributed by atoms with Gasteiger partial charge in [-0.05, 0) is 36.4 Å². The van der Waals surface area contributed by atoms with Crippen LogP contribution in [0.3, 0.4) is 0 Å². The van der Waals surface area contributed by atoms with Crippen molar-refractivity contribution in [2.75, 3.05) is 20.8 Å². The maximum Gasteiger partial charge on any atom is 0.343 e. The van der Waals surface area contributed by atoms with Crippen LogP contribution in [0.1, 0.15) is 15.9 Å². The predicted molar refractivity (Wildman–Crippen MR) is 97.6 cm³/mol. The fourth-order valence-electron chi connectivity index (χ4n) is 2.42. The van der Waals surface area contributed by atoms with Gasteiger partial charge >= 0.3 is 5.97 Å². The van der Waals surface area contributed by atoms with E-state index in [1.807, 2.05) is 12.1 Å². The largest absolute Gasteiger partial charge is 0.496 e. The van der Waals surface area contributed by atoms with Gasteiger partial charge in [-0.25, -0.2) is 4.79 Å². The summed E-state index contributed by atoms with van der Waals surface area (Å²) in [5.74, 6) is 0.851. The quantitative estimate of drug-likeness (QED) is 0.545. The predicted octanol–water partition coefficient (Wildman–Crippen LogP) is 3.63. The van der Waals surface area contributed by atoms with E-state index in [0.717, 1.165) is 4.47 Å². The van der Waals surface area contributed by atoms with Crippen molar-refractivity contribution in [1.82, 2.24) is 0 Å². The molecule has 0 radical (unpaired) electrons. The van der Waals surface area contributed by atoms with E-state index in [1.165, 1.54) is 7.11 Å². The molecular formula is C19H15BrO6. The third kappa shape index (κ3) is 3.72. The highest BCUT2D eigenvalue weighted by Crippen LogP contribution is 2.36. The molecule has 0 aromatic heterocycles. The monoisotopic (exact) mass is 418 g/mol. The Bertz CT molecular complexity index is 903. The molecule has 0 saturated carbocycles. The van der Waals surface area contributed by atoms with E-state index >= 15 is 0 Å². The van der Waals surface area contributed by atoms with Crippen molar-refractivity contribution < 1.29 is 28.5 Å². The van der Waals surface area contributed by atoms with Crippen molar-refractivity contribution in [3.8, 4) is 17.2 Å². The summed E-state index contributed by atoms with van der Waals surface area (Å²) in [6.45, 7) is -0.221. The average Bonchev–Trinajstić information content (AvgIpc) is 2.95. The lowest BCUT2D eigenvalue weighted by atomic mass is 10.1. The minimum absolute atomic E-state index is 0.182. The van der Waals surface area contributed by atoms with Gasteiger partial charge in [-0.2, -0.15) is 0 Å². The van der Waals surface area contributed by atoms with Crippen LogP contribution in [-0.4, -0.2) is 32.6 Å². The first-order valence-corrected chi connectivity index (χ1v) is 8.42. The molecular weight excluding hydrogens is 404 g/mol. The molecule has 0 fully saturated rings. The van der Waals surface area contributed by atoms with Gasteiger partial charge in [0.2, 0.25) is 5.78 Å². The van der Waals surface area contributed by atoms with Crippen molar-refractivity contribution in [1.29, 1.82) is 0 Å². The number of ether oxygens (including phenoxy) is 4. The molecule has 0 bridgehead atoms. The zero-order chi connectivity index (χ0) is 18.7. The Morgan fingerprint density at radius 3 is 2.73 bits per heavy atom. The number of carbonyl (C=O) groups excluding carboxylic acids is 2. The fourth-order valence-corrected chi connectivity index (χ4v) is 2.80. The molecule has 0 amide bonds. The Morgan fingerprint density at radius 1 is 1.19 bits per heavy atom. The summed E-state index contributed by atoms with van der Waals surface area (Å²) < 4.78 is 21.7. The normalized spacial score (nSPS) is 14.0. The number of carbonyl (C=O) groups is 2. The number of ketones is 1. The van der Waals surface area contributed by atoms with Crippen molar-refractivity contribution in [2.24, 2.45) is 0 Å². The molecule has 7 heteroatoms. The number of hydrogen-bond donors (Lipinski definition) is 0. The molecule has 0 N–H and O–H groups in total. The number of fused-ring (bicyclic) bond motifs is 1. The number of benzene rings is 2. The highest BCUT2D eigenvalue weighted by molar-refractivity contribution is 9.10. The Labute approximate surface area is 158 Å². The van der Waals surface area contributed by atoms with E-state index in [-0.39, 0.29) is 18.1 Å². The van der Waals surface area contributed by atoms with Crippen LogP contribution in [0.5, 0.6) is 17.2 Å². The van der Waals surface area contributed by atoms with Crippen LogP contribution in [-0.2, 0) is 9.53 Å². The van der Waals surface area contributed by atoms with E-state index in [4.69, 9.17) is 14.2 Å². The Kier molecular flexibility index (Phi) is 5.27. The molecule has 2 aromatic rings. The van der Waals surface area contributed by atoms with Gasteiger partial charge in [-0.15, -0.1) is 0 Å². The van der Waals surface area contributed by atoms with Crippen molar-refractivity contribution >= 4 is 33.8 Å². The number of hydrogen-bond acceptors (Lipinski definition) is 6. The van der Waals surface area contributed by atoms with Crippen LogP contribution in [0.2, 0.25) is 0 Å². The summed E-state index contributed by atoms with van der Waals surface area (Å²) in [6, 6.07) is 10.2. The van der Waals surface area contributed by atoms with Crippen LogP contribution in [0.4, 0.5) is 0 Å². The van der Waals surface area contributed by atoms with Crippen LogP contribution in [0, 0.1) is 0 Å². The summed E-state index contributed by atoms with van der Waals surface area (Å²) in [7, 11) is 2.84. The third-order valence-electron chi connectivity index (χ3n) is 3.70. The minimum atomic E-state index is -0.496. The Morgan fingerprint density at radius 2 is 2.00 bits per heavy atom. The summed E-state index contributed by atoms with van der Waals surface area (Å²) in [5.41, 5.74) is 1.14. The minimum Gasteiger partial charge on any atom is -0.496 e. The number of allylic oxidation sites excluding steroid dienone is 1. The first-order valence-electron chi connectivity index (χ1n) is 7.63. The molecule has 0 saturated heterocycles. The Hall–Kier alpha value is -2.80. The van der Waals surface area contributed by atoms with E-state index in [0.29, 0.717) is 28.4 Å². The lowest BCUT2D eigenvalue weighted by Gasteiger charge is -2.06. The third-order valence-corrected chi connectivity index (χ3v) is 4.20. The molecule has 1 heterocycles. The van der Waals surface area contributed by atoms with Gasteiger partial charge < -0.3 is 18.9 Å². The second kappa shape index (κ2) is 7.61. The number of halogens is 1. The number of rotatable bonds is 5. The van der Waals surface area contributed by atoms with Gasteiger partial charge in [0.15, 0.2) is 12.4 Å². The maximum atomic E-state index is 12.5. The van der Waals surface area contributed by atoms with Gasteiger partial charge in [0.1, 0.15) is 17.2 Å². The second-order valence-electron chi connectivity index (χ2n) is 5.35. The lowest BCUT2D eigenvalue weighted by Crippen LogP contribution is -2.12. The van der Waals surface area contributed by atoms with Crippen molar-refractivity contribution in [3.63, 3.8) is 0 Å². The maximum absolute atomic E-state index is 12.5. The summed E-state index contributed by atoms with van der Waals surface area (Å²) in [4.78, 5) is 23.7. The molecule has 134 valence electrons. The highest BCUT2D eigenvalue weighted by atomic mass is 79.9. The molecule has 26 heavy (non-hydrogen) atoms. The first-order chi connectivity index (χ1) is 12.5. The summed E-state index contributed by atoms with van der Waals surface area (Å²) in [6.07, 6.45) is 1.63. The average molecular weight is 419 g/mol. The Balaban J connectivity index is 1.85. The molecule has 0 unspecified atom stereocenters. The number of esters is 1. The smallest absolute Gasteiger partial charge is 0.343 e. The first kappa shape index (κ1) is 18.0. The molecule has 1 aliphatic rings. The molecule has 1 aliphatic heterocycles. The van der Waals surface area contributed by atoms with Crippen molar-refractivity contribution in [3.05, 3.63) is 57.8 Å². The van der Waals surface area contributed by atoms with Crippen LogP contribution < -0.4 is 14.2 Å².